The number of aliphatic hydroxyl groups is 1. The second kappa shape index (κ2) is 5.55. The average molecular weight is 329 g/mol. The topological polar surface area (TPSA) is 104 Å². The Morgan fingerprint density at radius 2 is 2.00 bits per heavy atom. The lowest BCUT2D eigenvalue weighted by Gasteiger charge is -2.34. The number of nitrogens with zero attached hydrogens (tertiary/aromatic N) is 5. The second-order valence-electron chi connectivity index (χ2n) is 6.63. The van der Waals surface area contributed by atoms with Crippen molar-refractivity contribution in [3.8, 4) is 11.4 Å². The summed E-state index contributed by atoms with van der Waals surface area (Å²) in [4.78, 5) is 14.5. The van der Waals surface area contributed by atoms with Gasteiger partial charge >= 0.3 is 0 Å². The third kappa shape index (κ3) is 2.62. The first-order chi connectivity index (χ1) is 11.6. The summed E-state index contributed by atoms with van der Waals surface area (Å²) < 4.78 is 1.44. The monoisotopic (exact) mass is 329 g/mol. The fourth-order valence-corrected chi connectivity index (χ4v) is 3.44. The predicted molar refractivity (Wildman–Crippen MR) is 83.6 cm³/mol. The van der Waals surface area contributed by atoms with Crippen LogP contribution in [0.15, 0.2) is 24.5 Å². The lowest BCUT2D eigenvalue weighted by molar-refractivity contribution is 0.0339. The number of phenolic OH excluding ortho intramolecular Hbond substituents is 1. The Labute approximate surface area is 138 Å². The van der Waals surface area contributed by atoms with Crippen molar-refractivity contribution >= 4 is 5.91 Å². The van der Waals surface area contributed by atoms with E-state index in [1.807, 2.05) is 0 Å². The van der Waals surface area contributed by atoms with Gasteiger partial charge in [0.25, 0.3) is 5.91 Å². The van der Waals surface area contributed by atoms with E-state index in [4.69, 9.17) is 0 Å². The van der Waals surface area contributed by atoms with E-state index >= 15 is 0 Å². The van der Waals surface area contributed by atoms with E-state index in [2.05, 4.69) is 15.5 Å². The minimum atomic E-state index is -0.489. The van der Waals surface area contributed by atoms with Gasteiger partial charge in [-0.2, -0.15) is 0 Å². The molecule has 2 aliphatic rings. The molecule has 2 fully saturated rings. The molecule has 126 valence electrons. The Bertz CT molecular complexity index is 749. The number of aromatic hydroxyl groups is 1. The molecule has 0 unspecified atom stereocenters. The summed E-state index contributed by atoms with van der Waals surface area (Å²) in [6.07, 6.45) is 4.79. The fourth-order valence-electron chi connectivity index (χ4n) is 3.44. The Balaban J connectivity index is 1.51. The number of benzene rings is 1. The maximum atomic E-state index is 12.8. The fraction of sp³-hybridized carbons (Fsp3) is 0.500. The molecule has 1 aliphatic carbocycles. The van der Waals surface area contributed by atoms with Crippen molar-refractivity contribution in [1.29, 1.82) is 0 Å². The van der Waals surface area contributed by atoms with Gasteiger partial charge in [-0.3, -0.25) is 4.79 Å². The molecule has 1 aliphatic heterocycles. The molecule has 8 heteroatoms. The van der Waals surface area contributed by atoms with Crippen LogP contribution in [-0.2, 0) is 0 Å². The zero-order chi connectivity index (χ0) is 16.7. The summed E-state index contributed by atoms with van der Waals surface area (Å²) in [5.41, 5.74) is 0.368. The van der Waals surface area contributed by atoms with Gasteiger partial charge < -0.3 is 15.1 Å². The van der Waals surface area contributed by atoms with Crippen LogP contribution < -0.4 is 0 Å². The van der Waals surface area contributed by atoms with Gasteiger partial charge in [-0.25, -0.2) is 4.68 Å². The normalized spacial score (nSPS) is 20.1. The number of rotatable bonds is 3. The quantitative estimate of drug-likeness (QED) is 0.861. The zero-order valence-electron chi connectivity index (χ0n) is 13.2. The number of carbonyl (C=O) groups is 1. The lowest BCUT2D eigenvalue weighted by Crippen LogP contribution is -2.41. The Kier molecular flexibility index (Phi) is 3.49. The van der Waals surface area contributed by atoms with E-state index in [1.54, 1.807) is 17.0 Å². The molecule has 1 amide bonds. The molecule has 1 aromatic carbocycles. The van der Waals surface area contributed by atoms with Crippen LogP contribution in [0.3, 0.4) is 0 Å². The Morgan fingerprint density at radius 3 is 2.62 bits per heavy atom. The summed E-state index contributed by atoms with van der Waals surface area (Å²) >= 11 is 0. The molecule has 1 saturated carbocycles. The number of piperidine rings is 1. The zero-order valence-corrected chi connectivity index (χ0v) is 13.2. The van der Waals surface area contributed by atoms with Crippen LogP contribution in [0.2, 0.25) is 0 Å². The van der Waals surface area contributed by atoms with Gasteiger partial charge in [0, 0.05) is 13.1 Å². The number of hydrogen-bond donors (Lipinski definition) is 2. The van der Waals surface area contributed by atoms with Gasteiger partial charge in [-0.05, 0) is 60.2 Å². The maximum absolute atomic E-state index is 12.8. The molecule has 24 heavy (non-hydrogen) atoms. The van der Waals surface area contributed by atoms with Crippen molar-refractivity contribution in [2.45, 2.75) is 31.3 Å². The average Bonchev–Trinajstić information content (AvgIpc) is 3.12. The van der Waals surface area contributed by atoms with Gasteiger partial charge in [0.2, 0.25) is 0 Å². The van der Waals surface area contributed by atoms with Crippen molar-refractivity contribution in [1.82, 2.24) is 25.1 Å². The smallest absolute Gasteiger partial charge is 0.257 e. The second-order valence-corrected chi connectivity index (χ2v) is 6.63. The van der Waals surface area contributed by atoms with E-state index in [1.165, 1.54) is 17.1 Å². The van der Waals surface area contributed by atoms with Crippen LogP contribution in [0, 0.1) is 5.92 Å². The van der Waals surface area contributed by atoms with Gasteiger partial charge in [0.05, 0.1) is 16.9 Å². The molecule has 1 saturated heterocycles. The van der Waals surface area contributed by atoms with E-state index in [0.29, 0.717) is 18.8 Å². The Morgan fingerprint density at radius 1 is 1.25 bits per heavy atom. The molecule has 0 bridgehead atoms. The molecule has 8 nitrogen and oxygen atoms in total. The standard InChI is InChI=1S/C16H19N5O3/c22-14-2-1-12(21-10-17-18-19-21)9-13(14)15(23)20-7-3-11(4-8-20)16(24)5-6-16/h1-2,9-11,22,24H,3-8H2. The highest BCUT2D eigenvalue weighted by molar-refractivity contribution is 5.97. The molecule has 0 atom stereocenters. The summed E-state index contributed by atoms with van der Waals surface area (Å²) in [6.45, 7) is 1.20. The third-order valence-electron chi connectivity index (χ3n) is 5.13. The minimum absolute atomic E-state index is 0.0558. The van der Waals surface area contributed by atoms with Crippen molar-refractivity contribution < 1.29 is 15.0 Å². The van der Waals surface area contributed by atoms with Crippen molar-refractivity contribution in [2.75, 3.05) is 13.1 Å². The lowest BCUT2D eigenvalue weighted by atomic mass is 9.89. The van der Waals surface area contributed by atoms with Crippen molar-refractivity contribution in [3.05, 3.63) is 30.1 Å². The Hall–Kier alpha value is -2.48. The summed E-state index contributed by atoms with van der Waals surface area (Å²) in [5, 5.41) is 31.2. The highest BCUT2D eigenvalue weighted by Gasteiger charge is 2.48. The van der Waals surface area contributed by atoms with Crippen LogP contribution in [0.25, 0.3) is 5.69 Å². The largest absolute Gasteiger partial charge is 0.507 e. The van der Waals surface area contributed by atoms with Crippen molar-refractivity contribution in [2.24, 2.45) is 5.92 Å². The molecule has 4 rings (SSSR count). The molecule has 0 radical (unpaired) electrons. The SMILES string of the molecule is O=C(c1cc(-n2cnnn2)ccc1O)N1CCC(C2(O)CC2)CC1. The first-order valence-electron chi connectivity index (χ1n) is 8.15. The summed E-state index contributed by atoms with van der Waals surface area (Å²) in [5.74, 6) is 0.0196. The predicted octanol–water partition coefficient (Wildman–Crippen LogP) is 0.745. The van der Waals surface area contributed by atoms with Gasteiger partial charge in [0.15, 0.2) is 0 Å². The van der Waals surface area contributed by atoms with Crippen LogP contribution in [-0.4, -0.2) is 59.9 Å². The number of tetrazole rings is 1. The highest BCUT2D eigenvalue weighted by atomic mass is 16.3. The molecule has 2 aromatic rings. The van der Waals surface area contributed by atoms with E-state index in [0.717, 1.165) is 25.7 Å². The number of aromatic nitrogens is 4. The van der Waals surface area contributed by atoms with Gasteiger partial charge in [-0.15, -0.1) is 5.10 Å². The molecule has 2 N–H and O–H groups in total. The number of hydrogen-bond acceptors (Lipinski definition) is 6. The molecule has 2 heterocycles. The van der Waals surface area contributed by atoms with Crippen LogP contribution in [0.5, 0.6) is 5.75 Å². The van der Waals surface area contributed by atoms with Crippen LogP contribution in [0.4, 0.5) is 0 Å². The van der Waals surface area contributed by atoms with E-state index in [-0.39, 0.29) is 23.1 Å². The van der Waals surface area contributed by atoms with Crippen molar-refractivity contribution in [3.63, 3.8) is 0 Å². The molecule has 0 spiro atoms. The number of likely N-dealkylation sites (tertiary alicyclic amines) is 1. The molecular weight excluding hydrogens is 310 g/mol. The van der Waals surface area contributed by atoms with Crippen LogP contribution >= 0.6 is 0 Å². The van der Waals surface area contributed by atoms with E-state index < -0.39 is 5.60 Å². The number of amides is 1. The summed E-state index contributed by atoms with van der Waals surface area (Å²) in [7, 11) is 0. The molecular formula is C16H19N5O3. The maximum Gasteiger partial charge on any atom is 0.257 e. The third-order valence-corrected chi connectivity index (χ3v) is 5.13. The summed E-state index contributed by atoms with van der Waals surface area (Å²) in [6, 6.07) is 4.72. The van der Waals surface area contributed by atoms with Gasteiger partial charge in [0.1, 0.15) is 12.1 Å². The minimum Gasteiger partial charge on any atom is -0.507 e. The number of phenols is 1. The number of carbonyl (C=O) groups excluding carboxylic acids is 1. The highest BCUT2D eigenvalue weighted by Crippen LogP contribution is 2.46. The first kappa shape index (κ1) is 15.1. The molecule has 1 aromatic heterocycles. The first-order valence-corrected chi connectivity index (χ1v) is 8.15. The van der Waals surface area contributed by atoms with Crippen LogP contribution in [0.1, 0.15) is 36.0 Å². The van der Waals surface area contributed by atoms with Gasteiger partial charge in [-0.1, -0.05) is 0 Å². The van der Waals surface area contributed by atoms with E-state index in [9.17, 15) is 15.0 Å².